The molecule has 2 aromatic carbocycles. The number of rotatable bonds is 6. The third-order valence-corrected chi connectivity index (χ3v) is 6.98. The van der Waals surface area contributed by atoms with Gasteiger partial charge in [0.15, 0.2) is 0 Å². The minimum atomic E-state index is -1.03. The monoisotopic (exact) mass is 450 g/mol. The van der Waals surface area contributed by atoms with Crippen LogP contribution in [0.25, 0.3) is 11.1 Å². The van der Waals surface area contributed by atoms with E-state index < -0.39 is 18.1 Å². The Kier molecular flexibility index (Phi) is 6.67. The molecule has 4 rings (SSSR count). The highest BCUT2D eigenvalue weighted by Gasteiger charge is 2.34. The number of carboxylic acids is 1. The predicted molar refractivity (Wildman–Crippen MR) is 124 cm³/mol. The van der Waals surface area contributed by atoms with Crippen LogP contribution in [0, 0.1) is 5.92 Å². The maximum atomic E-state index is 12.7. The van der Waals surface area contributed by atoms with Crippen LogP contribution >= 0.6 is 0 Å². The first-order chi connectivity index (χ1) is 15.9. The molecule has 2 aliphatic carbocycles. The summed E-state index contributed by atoms with van der Waals surface area (Å²) in [6.45, 7) is 1.74. The van der Waals surface area contributed by atoms with Crippen LogP contribution in [-0.4, -0.2) is 53.7 Å². The number of fused-ring (bicyclic) bond motifs is 3. The topological polar surface area (TPSA) is 95.9 Å². The number of benzene rings is 2. The molecule has 1 saturated carbocycles. The molecule has 0 aromatic heterocycles. The van der Waals surface area contributed by atoms with Crippen LogP contribution in [0.15, 0.2) is 48.5 Å². The molecule has 7 nitrogen and oxygen atoms in total. The lowest BCUT2D eigenvalue weighted by atomic mass is 9.84. The first kappa shape index (κ1) is 22.8. The maximum absolute atomic E-state index is 12.7. The van der Waals surface area contributed by atoms with Crippen molar-refractivity contribution in [2.24, 2.45) is 5.92 Å². The number of carbonyl (C=O) groups is 3. The summed E-state index contributed by atoms with van der Waals surface area (Å²) >= 11 is 0. The van der Waals surface area contributed by atoms with Gasteiger partial charge < -0.3 is 20.1 Å². The summed E-state index contributed by atoms with van der Waals surface area (Å²) in [5.41, 5.74) is 4.67. The van der Waals surface area contributed by atoms with Crippen molar-refractivity contribution >= 4 is 18.0 Å². The number of nitrogens with zero attached hydrogens (tertiary/aromatic N) is 1. The molecule has 0 aliphatic heterocycles. The van der Waals surface area contributed by atoms with Gasteiger partial charge in [-0.3, -0.25) is 4.79 Å². The van der Waals surface area contributed by atoms with Crippen molar-refractivity contribution in [3.05, 3.63) is 59.7 Å². The molecule has 7 heteroatoms. The zero-order valence-electron chi connectivity index (χ0n) is 19.0. The molecule has 2 amide bonds. The molecule has 0 radical (unpaired) electrons. The molecule has 1 fully saturated rings. The fourth-order valence-corrected chi connectivity index (χ4v) is 5.00. The van der Waals surface area contributed by atoms with E-state index in [1.807, 2.05) is 24.3 Å². The fraction of sp³-hybridized carbons (Fsp3) is 0.423. The Morgan fingerprint density at radius 3 is 2.27 bits per heavy atom. The van der Waals surface area contributed by atoms with Crippen molar-refractivity contribution in [1.82, 2.24) is 10.2 Å². The first-order valence-electron chi connectivity index (χ1n) is 11.5. The van der Waals surface area contributed by atoms with Gasteiger partial charge in [-0.2, -0.15) is 0 Å². The summed E-state index contributed by atoms with van der Waals surface area (Å²) < 4.78 is 5.63. The zero-order chi connectivity index (χ0) is 23.5. The van der Waals surface area contributed by atoms with Crippen LogP contribution in [0.4, 0.5) is 4.79 Å². The standard InChI is InChI=1S/C26H30N2O5/c1-16(25(30)31)28(2)24(29)17-8-7-9-18(14-17)27-26(32)33-15-23-21-12-5-3-10-19(21)20-11-4-6-13-22(20)23/h3-6,10-13,16-18,23H,7-9,14-15H2,1-2H3,(H,27,32)(H,30,31)/t16?,17-,18+/m1/s1. The lowest BCUT2D eigenvalue weighted by Crippen LogP contribution is -2.47. The SMILES string of the molecule is CC(C(=O)O)N(C)C(=O)[C@@H]1CCC[C@H](NC(=O)OCC2c3ccccc3-c3ccccc32)C1. The van der Waals surface area contributed by atoms with Crippen molar-refractivity contribution in [2.75, 3.05) is 13.7 Å². The predicted octanol–water partition coefficient (Wildman–Crippen LogP) is 4.02. The van der Waals surface area contributed by atoms with Crippen molar-refractivity contribution in [3.63, 3.8) is 0 Å². The van der Waals surface area contributed by atoms with Gasteiger partial charge in [0.05, 0.1) is 0 Å². The third kappa shape index (κ3) is 4.72. The van der Waals surface area contributed by atoms with E-state index in [1.54, 1.807) is 0 Å². The van der Waals surface area contributed by atoms with Gasteiger partial charge in [0.1, 0.15) is 12.6 Å². The number of likely N-dealkylation sites (N-methyl/N-ethyl adjacent to an activating group) is 1. The Hall–Kier alpha value is -3.35. The van der Waals surface area contributed by atoms with Gasteiger partial charge in [-0.1, -0.05) is 55.0 Å². The maximum Gasteiger partial charge on any atom is 0.407 e. The average molecular weight is 451 g/mol. The molecule has 0 bridgehead atoms. The van der Waals surface area contributed by atoms with E-state index >= 15 is 0 Å². The largest absolute Gasteiger partial charge is 0.480 e. The molecule has 2 aromatic rings. The number of hydrogen-bond donors (Lipinski definition) is 2. The van der Waals surface area contributed by atoms with Crippen molar-refractivity contribution < 1.29 is 24.2 Å². The number of carbonyl (C=O) groups excluding carboxylic acids is 2. The Labute approximate surface area is 193 Å². The second kappa shape index (κ2) is 9.65. The van der Waals surface area contributed by atoms with Gasteiger partial charge in [-0.25, -0.2) is 9.59 Å². The number of ether oxygens (including phenoxy) is 1. The summed E-state index contributed by atoms with van der Waals surface area (Å²) in [5.74, 6) is -1.53. The summed E-state index contributed by atoms with van der Waals surface area (Å²) in [5, 5.41) is 12.1. The second-order valence-corrected chi connectivity index (χ2v) is 8.99. The molecule has 1 unspecified atom stereocenters. The summed E-state index contributed by atoms with van der Waals surface area (Å²) in [7, 11) is 1.52. The van der Waals surface area contributed by atoms with Gasteiger partial charge >= 0.3 is 12.1 Å². The summed E-state index contributed by atoms with van der Waals surface area (Å²) in [6, 6.07) is 15.3. The highest BCUT2D eigenvalue weighted by molar-refractivity contribution is 5.85. The van der Waals surface area contributed by atoms with Crippen LogP contribution in [0.2, 0.25) is 0 Å². The Bertz CT molecular complexity index is 1010. The Balaban J connectivity index is 1.34. The molecule has 3 atom stereocenters. The minimum Gasteiger partial charge on any atom is -0.480 e. The average Bonchev–Trinajstić information content (AvgIpc) is 3.15. The summed E-state index contributed by atoms with van der Waals surface area (Å²) in [4.78, 5) is 37.8. The van der Waals surface area contributed by atoms with E-state index in [-0.39, 0.29) is 30.4 Å². The first-order valence-corrected chi connectivity index (χ1v) is 11.5. The quantitative estimate of drug-likeness (QED) is 0.693. The highest BCUT2D eigenvalue weighted by atomic mass is 16.5. The lowest BCUT2D eigenvalue weighted by molar-refractivity contribution is -0.150. The zero-order valence-corrected chi connectivity index (χ0v) is 19.0. The van der Waals surface area contributed by atoms with Crippen LogP contribution in [0.1, 0.15) is 49.7 Å². The van der Waals surface area contributed by atoms with E-state index in [9.17, 15) is 19.5 Å². The number of amides is 2. The van der Waals surface area contributed by atoms with Gasteiger partial charge in [-0.05, 0) is 48.4 Å². The molecule has 174 valence electrons. The van der Waals surface area contributed by atoms with Crippen LogP contribution < -0.4 is 5.32 Å². The van der Waals surface area contributed by atoms with Crippen LogP contribution in [0.3, 0.4) is 0 Å². The number of nitrogens with one attached hydrogen (secondary N) is 1. The molecule has 0 heterocycles. The molecular formula is C26H30N2O5. The third-order valence-electron chi connectivity index (χ3n) is 6.98. The molecule has 0 saturated heterocycles. The Morgan fingerprint density at radius 1 is 1.06 bits per heavy atom. The van der Waals surface area contributed by atoms with E-state index in [1.165, 1.54) is 30.0 Å². The van der Waals surface area contributed by atoms with Gasteiger partial charge in [0, 0.05) is 24.9 Å². The summed E-state index contributed by atoms with van der Waals surface area (Å²) in [6.07, 6.45) is 2.26. The molecule has 0 spiro atoms. The normalized spacial score (nSPS) is 20.3. The van der Waals surface area contributed by atoms with Crippen molar-refractivity contribution in [1.29, 1.82) is 0 Å². The number of carboxylic acid groups (broad SMARTS) is 1. The van der Waals surface area contributed by atoms with E-state index in [0.717, 1.165) is 24.0 Å². The number of aliphatic carboxylic acids is 1. The number of hydrogen-bond acceptors (Lipinski definition) is 4. The van der Waals surface area contributed by atoms with Gasteiger partial charge in [0.2, 0.25) is 5.91 Å². The van der Waals surface area contributed by atoms with Crippen molar-refractivity contribution in [3.8, 4) is 11.1 Å². The molecule has 33 heavy (non-hydrogen) atoms. The lowest BCUT2D eigenvalue weighted by Gasteiger charge is -2.32. The van der Waals surface area contributed by atoms with Crippen LogP contribution in [-0.2, 0) is 14.3 Å². The second-order valence-electron chi connectivity index (χ2n) is 8.99. The van der Waals surface area contributed by atoms with Gasteiger partial charge in [-0.15, -0.1) is 0 Å². The molecule has 2 aliphatic rings. The van der Waals surface area contributed by atoms with Crippen molar-refractivity contribution in [2.45, 2.75) is 50.6 Å². The van der Waals surface area contributed by atoms with Gasteiger partial charge in [0.25, 0.3) is 0 Å². The fourth-order valence-electron chi connectivity index (χ4n) is 5.00. The molecule has 2 N–H and O–H groups in total. The molecular weight excluding hydrogens is 420 g/mol. The van der Waals surface area contributed by atoms with E-state index in [2.05, 4.69) is 29.6 Å². The smallest absolute Gasteiger partial charge is 0.407 e. The van der Waals surface area contributed by atoms with E-state index in [0.29, 0.717) is 12.8 Å². The van der Waals surface area contributed by atoms with E-state index in [4.69, 9.17) is 4.74 Å². The highest BCUT2D eigenvalue weighted by Crippen LogP contribution is 2.44. The number of alkyl carbamates (subject to hydrolysis) is 1. The Morgan fingerprint density at radius 2 is 1.67 bits per heavy atom. The van der Waals surface area contributed by atoms with Crippen LogP contribution in [0.5, 0.6) is 0 Å². The minimum absolute atomic E-state index is 0.00464.